The van der Waals surface area contributed by atoms with E-state index < -0.39 is 11.7 Å². The van der Waals surface area contributed by atoms with Gasteiger partial charge < -0.3 is 4.74 Å². The molecular formula is C14H13F3O2. The van der Waals surface area contributed by atoms with Crippen molar-refractivity contribution in [3.05, 3.63) is 35.4 Å². The Bertz CT molecular complexity index is 478. The fourth-order valence-electron chi connectivity index (χ4n) is 1.30. The van der Waals surface area contributed by atoms with Crippen molar-refractivity contribution >= 4 is 5.97 Å². The van der Waals surface area contributed by atoms with Gasteiger partial charge in [-0.05, 0) is 31.2 Å². The minimum atomic E-state index is -4.34. The van der Waals surface area contributed by atoms with Gasteiger partial charge in [0.1, 0.15) is 0 Å². The minimum Gasteiger partial charge on any atom is -0.466 e. The van der Waals surface area contributed by atoms with E-state index in [0.717, 1.165) is 12.1 Å². The second-order valence-corrected chi connectivity index (χ2v) is 3.68. The highest BCUT2D eigenvalue weighted by atomic mass is 19.4. The van der Waals surface area contributed by atoms with E-state index in [-0.39, 0.29) is 12.4 Å². The molecule has 0 aliphatic carbocycles. The van der Waals surface area contributed by atoms with Gasteiger partial charge >= 0.3 is 12.1 Å². The van der Waals surface area contributed by atoms with Gasteiger partial charge in [-0.2, -0.15) is 13.2 Å². The van der Waals surface area contributed by atoms with E-state index >= 15 is 0 Å². The first-order chi connectivity index (χ1) is 8.93. The molecule has 0 N–H and O–H groups in total. The molecule has 0 aliphatic rings. The van der Waals surface area contributed by atoms with Crippen LogP contribution in [0.15, 0.2) is 24.3 Å². The van der Waals surface area contributed by atoms with Crippen molar-refractivity contribution in [2.45, 2.75) is 25.9 Å². The number of rotatable bonds is 3. The van der Waals surface area contributed by atoms with Crippen LogP contribution in [0.4, 0.5) is 13.2 Å². The van der Waals surface area contributed by atoms with Crippen molar-refractivity contribution in [1.82, 2.24) is 0 Å². The van der Waals surface area contributed by atoms with E-state index in [1.807, 2.05) is 0 Å². The van der Waals surface area contributed by atoms with Gasteiger partial charge in [0.25, 0.3) is 0 Å². The quantitative estimate of drug-likeness (QED) is 0.621. The van der Waals surface area contributed by atoms with Crippen LogP contribution in [-0.4, -0.2) is 12.6 Å². The Balaban J connectivity index is 2.53. The summed E-state index contributed by atoms with van der Waals surface area (Å²) in [7, 11) is 0. The van der Waals surface area contributed by atoms with E-state index in [4.69, 9.17) is 4.74 Å². The van der Waals surface area contributed by atoms with Gasteiger partial charge in [-0.15, -0.1) is 0 Å². The van der Waals surface area contributed by atoms with Crippen LogP contribution in [0.1, 0.15) is 30.9 Å². The molecule has 0 bridgehead atoms. The molecule has 0 saturated heterocycles. The number of hydrogen-bond acceptors (Lipinski definition) is 2. The van der Waals surface area contributed by atoms with Crippen molar-refractivity contribution in [3.63, 3.8) is 0 Å². The number of ether oxygens (including phenoxy) is 1. The third kappa shape index (κ3) is 5.47. The maximum atomic E-state index is 12.3. The van der Waals surface area contributed by atoms with Gasteiger partial charge in [0.05, 0.1) is 18.6 Å². The molecule has 0 unspecified atom stereocenters. The largest absolute Gasteiger partial charge is 0.466 e. The first kappa shape index (κ1) is 15.1. The van der Waals surface area contributed by atoms with Crippen molar-refractivity contribution in [2.75, 3.05) is 6.61 Å². The number of esters is 1. The molecule has 0 amide bonds. The molecule has 2 nitrogen and oxygen atoms in total. The van der Waals surface area contributed by atoms with Gasteiger partial charge in [0.2, 0.25) is 0 Å². The lowest BCUT2D eigenvalue weighted by Gasteiger charge is -2.05. The van der Waals surface area contributed by atoms with Crippen LogP contribution in [0.25, 0.3) is 0 Å². The minimum absolute atomic E-state index is 0.182. The molecule has 1 aromatic rings. The van der Waals surface area contributed by atoms with E-state index in [1.165, 1.54) is 12.1 Å². The van der Waals surface area contributed by atoms with Crippen LogP contribution >= 0.6 is 0 Å². The summed E-state index contributed by atoms with van der Waals surface area (Å²) in [6.07, 6.45) is -3.84. The van der Waals surface area contributed by atoms with Crippen LogP contribution in [0, 0.1) is 11.8 Å². The average molecular weight is 270 g/mol. The lowest BCUT2D eigenvalue weighted by Crippen LogP contribution is -2.04. The smallest absolute Gasteiger partial charge is 0.416 e. The Morgan fingerprint density at radius 2 is 1.89 bits per heavy atom. The highest BCUT2D eigenvalue weighted by Crippen LogP contribution is 2.28. The first-order valence-electron chi connectivity index (χ1n) is 5.75. The van der Waals surface area contributed by atoms with Crippen molar-refractivity contribution in [1.29, 1.82) is 0 Å². The van der Waals surface area contributed by atoms with Gasteiger partial charge in [-0.1, -0.05) is 11.8 Å². The summed E-state index contributed by atoms with van der Waals surface area (Å²) in [6.45, 7) is 2.04. The summed E-state index contributed by atoms with van der Waals surface area (Å²) in [5.74, 6) is 5.08. The van der Waals surface area contributed by atoms with Crippen molar-refractivity contribution < 1.29 is 22.7 Å². The molecule has 102 valence electrons. The predicted molar refractivity (Wildman–Crippen MR) is 64.2 cm³/mol. The molecule has 0 aromatic heterocycles. The zero-order chi connectivity index (χ0) is 14.3. The Hall–Kier alpha value is -1.96. The Kier molecular flexibility index (Phi) is 5.43. The number of alkyl halides is 3. The van der Waals surface area contributed by atoms with E-state index in [1.54, 1.807) is 6.92 Å². The SMILES string of the molecule is CCOC(=O)CCC#Cc1ccc(C(F)(F)F)cc1. The fraction of sp³-hybridized carbons (Fsp3) is 0.357. The predicted octanol–water partition coefficient (Wildman–Crippen LogP) is 3.40. The molecule has 0 atom stereocenters. The van der Waals surface area contributed by atoms with E-state index in [9.17, 15) is 18.0 Å². The first-order valence-corrected chi connectivity index (χ1v) is 5.75. The maximum Gasteiger partial charge on any atom is 0.416 e. The number of hydrogen-bond donors (Lipinski definition) is 0. The third-order valence-electron chi connectivity index (χ3n) is 2.20. The van der Waals surface area contributed by atoms with Gasteiger partial charge in [-0.25, -0.2) is 0 Å². The lowest BCUT2D eigenvalue weighted by atomic mass is 10.1. The molecule has 1 rings (SSSR count). The molecule has 5 heteroatoms. The molecular weight excluding hydrogens is 257 g/mol. The topological polar surface area (TPSA) is 26.3 Å². The van der Waals surface area contributed by atoms with Crippen LogP contribution in [0.5, 0.6) is 0 Å². The molecule has 0 aliphatic heterocycles. The lowest BCUT2D eigenvalue weighted by molar-refractivity contribution is -0.143. The van der Waals surface area contributed by atoms with Crippen LogP contribution in [0.3, 0.4) is 0 Å². The summed E-state index contributed by atoms with van der Waals surface area (Å²) in [5, 5.41) is 0. The van der Waals surface area contributed by atoms with E-state index in [0.29, 0.717) is 18.6 Å². The monoisotopic (exact) mass is 270 g/mol. The summed E-state index contributed by atoms with van der Waals surface area (Å²) in [6, 6.07) is 4.57. The molecule has 0 fully saturated rings. The molecule has 0 saturated carbocycles. The highest BCUT2D eigenvalue weighted by Gasteiger charge is 2.29. The number of halogens is 3. The number of benzene rings is 1. The molecule has 1 aromatic carbocycles. The second-order valence-electron chi connectivity index (χ2n) is 3.68. The summed E-state index contributed by atoms with van der Waals surface area (Å²) in [5.41, 5.74) is -0.221. The van der Waals surface area contributed by atoms with Gasteiger partial charge in [-0.3, -0.25) is 4.79 Å². The molecule has 0 radical (unpaired) electrons. The standard InChI is InChI=1S/C14H13F3O2/c1-2-19-13(18)6-4-3-5-11-7-9-12(10-8-11)14(15,16)17/h7-10H,2,4,6H2,1H3. The molecule has 19 heavy (non-hydrogen) atoms. The van der Waals surface area contributed by atoms with Crippen LogP contribution < -0.4 is 0 Å². The Morgan fingerprint density at radius 3 is 2.42 bits per heavy atom. The van der Waals surface area contributed by atoms with Crippen LogP contribution in [-0.2, 0) is 15.7 Å². The zero-order valence-electron chi connectivity index (χ0n) is 10.4. The second kappa shape index (κ2) is 6.83. The fourth-order valence-corrected chi connectivity index (χ4v) is 1.30. The number of carbonyl (C=O) groups excluding carboxylic acids is 1. The summed E-state index contributed by atoms with van der Waals surface area (Å²) in [4.78, 5) is 11.0. The Labute approximate surface area is 109 Å². The normalized spacial score (nSPS) is 10.5. The third-order valence-corrected chi connectivity index (χ3v) is 2.20. The molecule has 0 heterocycles. The molecule has 0 spiro atoms. The number of carbonyl (C=O) groups is 1. The van der Waals surface area contributed by atoms with Crippen molar-refractivity contribution in [3.8, 4) is 11.8 Å². The summed E-state index contributed by atoms with van der Waals surface area (Å²) < 4.78 is 41.6. The van der Waals surface area contributed by atoms with Gasteiger partial charge in [0, 0.05) is 12.0 Å². The Morgan fingerprint density at radius 1 is 1.26 bits per heavy atom. The van der Waals surface area contributed by atoms with Crippen LogP contribution in [0.2, 0.25) is 0 Å². The van der Waals surface area contributed by atoms with Crippen molar-refractivity contribution in [2.24, 2.45) is 0 Å². The zero-order valence-corrected chi connectivity index (χ0v) is 10.4. The summed E-state index contributed by atoms with van der Waals surface area (Å²) >= 11 is 0. The maximum absolute atomic E-state index is 12.3. The van der Waals surface area contributed by atoms with E-state index in [2.05, 4.69) is 11.8 Å². The highest BCUT2D eigenvalue weighted by molar-refractivity contribution is 5.69. The average Bonchev–Trinajstić information content (AvgIpc) is 2.34. The van der Waals surface area contributed by atoms with Gasteiger partial charge in [0.15, 0.2) is 0 Å².